The lowest BCUT2D eigenvalue weighted by atomic mass is 9.48. The summed E-state index contributed by atoms with van der Waals surface area (Å²) in [6.45, 7) is 7.16. The molecular formula is C21H35NO7. The van der Waals surface area contributed by atoms with E-state index < -0.39 is 71.0 Å². The number of aliphatic hydroxyl groups excluding tert-OH is 2. The van der Waals surface area contributed by atoms with Gasteiger partial charge < -0.3 is 29.7 Å². The molecule has 0 aromatic carbocycles. The Morgan fingerprint density at radius 3 is 2.48 bits per heavy atom. The number of esters is 2. The van der Waals surface area contributed by atoms with Crippen LogP contribution in [0.3, 0.4) is 0 Å². The molecule has 0 bridgehead atoms. The highest BCUT2D eigenvalue weighted by Crippen LogP contribution is 2.59. The molecule has 0 spiro atoms. The summed E-state index contributed by atoms with van der Waals surface area (Å²) in [5, 5.41) is 33.4. The SMILES string of the molecule is CC(C)C(=O)O[C@H]1[C@H]2[C@H](OC(=O)[C@@H]2CN(C)C)[C@H](O)[C@]2(C)[C@@H](O)CC[C@](C)(O)[C@@H]12. The fourth-order valence-electron chi connectivity index (χ4n) is 5.82. The first-order chi connectivity index (χ1) is 13.3. The van der Waals surface area contributed by atoms with Gasteiger partial charge in [-0.1, -0.05) is 20.8 Å². The van der Waals surface area contributed by atoms with E-state index >= 15 is 0 Å². The van der Waals surface area contributed by atoms with Crippen molar-refractivity contribution in [2.45, 2.75) is 70.6 Å². The molecule has 1 saturated heterocycles. The van der Waals surface area contributed by atoms with E-state index in [1.165, 1.54) is 0 Å². The molecule has 3 aliphatic rings. The Morgan fingerprint density at radius 1 is 1.31 bits per heavy atom. The molecule has 2 saturated carbocycles. The maximum atomic E-state index is 12.7. The van der Waals surface area contributed by atoms with E-state index in [0.29, 0.717) is 19.4 Å². The summed E-state index contributed by atoms with van der Waals surface area (Å²) in [6.07, 6.45) is -3.25. The molecule has 2 aliphatic carbocycles. The summed E-state index contributed by atoms with van der Waals surface area (Å²) < 4.78 is 11.5. The average molecular weight is 414 g/mol. The third-order valence-corrected chi connectivity index (χ3v) is 7.32. The van der Waals surface area contributed by atoms with Crippen LogP contribution in [0.1, 0.15) is 40.5 Å². The van der Waals surface area contributed by atoms with Crippen LogP contribution >= 0.6 is 0 Å². The molecule has 1 heterocycles. The van der Waals surface area contributed by atoms with Gasteiger partial charge in [-0.3, -0.25) is 9.59 Å². The van der Waals surface area contributed by atoms with E-state index in [1.807, 2.05) is 19.0 Å². The minimum atomic E-state index is -1.28. The van der Waals surface area contributed by atoms with Crippen molar-refractivity contribution in [2.75, 3.05) is 20.6 Å². The van der Waals surface area contributed by atoms with Crippen molar-refractivity contribution in [3.63, 3.8) is 0 Å². The molecule has 0 unspecified atom stereocenters. The largest absolute Gasteiger partial charge is 0.461 e. The van der Waals surface area contributed by atoms with Crippen LogP contribution in [0, 0.1) is 29.1 Å². The number of hydrogen-bond donors (Lipinski definition) is 3. The number of aliphatic hydroxyl groups is 3. The molecule has 0 radical (unpaired) electrons. The minimum Gasteiger partial charge on any atom is -0.461 e. The molecule has 3 fully saturated rings. The Morgan fingerprint density at radius 2 is 1.93 bits per heavy atom. The van der Waals surface area contributed by atoms with E-state index in [9.17, 15) is 24.9 Å². The number of carbonyl (C=O) groups excluding carboxylic acids is 2. The van der Waals surface area contributed by atoms with Crippen LogP contribution < -0.4 is 0 Å². The molecule has 8 nitrogen and oxygen atoms in total. The Hall–Kier alpha value is -1.22. The smallest absolute Gasteiger partial charge is 0.311 e. The van der Waals surface area contributed by atoms with Crippen molar-refractivity contribution < 1.29 is 34.4 Å². The number of ether oxygens (including phenoxy) is 2. The second-order valence-electron chi connectivity index (χ2n) is 10.1. The van der Waals surface area contributed by atoms with E-state index in [4.69, 9.17) is 9.47 Å². The quantitative estimate of drug-likeness (QED) is 0.559. The van der Waals surface area contributed by atoms with E-state index in [-0.39, 0.29) is 0 Å². The molecule has 3 rings (SSSR count). The van der Waals surface area contributed by atoms with Crippen LogP contribution in [-0.2, 0) is 19.1 Å². The lowest BCUT2D eigenvalue weighted by Gasteiger charge is -2.61. The monoisotopic (exact) mass is 413 g/mol. The fraction of sp³-hybridized carbons (Fsp3) is 0.905. The lowest BCUT2D eigenvalue weighted by Crippen LogP contribution is -2.72. The maximum absolute atomic E-state index is 12.7. The summed E-state index contributed by atoms with van der Waals surface area (Å²) in [7, 11) is 3.67. The first kappa shape index (κ1) is 22.5. The molecule has 3 N–H and O–H groups in total. The highest BCUT2D eigenvalue weighted by Gasteiger charge is 2.71. The van der Waals surface area contributed by atoms with Gasteiger partial charge in [0.2, 0.25) is 0 Å². The summed E-state index contributed by atoms with van der Waals surface area (Å²) in [4.78, 5) is 27.2. The third-order valence-electron chi connectivity index (χ3n) is 7.32. The summed E-state index contributed by atoms with van der Waals surface area (Å²) in [6, 6.07) is 0. The van der Waals surface area contributed by atoms with Crippen LogP contribution in [0.2, 0.25) is 0 Å². The number of nitrogens with zero attached hydrogens (tertiary/aromatic N) is 1. The molecule has 8 heteroatoms. The van der Waals surface area contributed by atoms with Gasteiger partial charge in [0.05, 0.1) is 35.6 Å². The molecule has 1 aliphatic heterocycles. The predicted molar refractivity (Wildman–Crippen MR) is 104 cm³/mol. The lowest BCUT2D eigenvalue weighted by molar-refractivity contribution is -0.278. The number of fused-ring (bicyclic) bond motifs is 2. The topological polar surface area (TPSA) is 117 Å². The molecule has 29 heavy (non-hydrogen) atoms. The zero-order valence-electron chi connectivity index (χ0n) is 18.2. The third kappa shape index (κ3) is 3.48. The van der Waals surface area contributed by atoms with Crippen molar-refractivity contribution in [1.29, 1.82) is 0 Å². The van der Waals surface area contributed by atoms with Gasteiger partial charge in [-0.25, -0.2) is 0 Å². The van der Waals surface area contributed by atoms with Crippen LogP contribution in [-0.4, -0.2) is 82.8 Å². The van der Waals surface area contributed by atoms with Gasteiger partial charge in [-0.15, -0.1) is 0 Å². The molecule has 0 amide bonds. The average Bonchev–Trinajstić information content (AvgIpc) is 2.92. The van der Waals surface area contributed by atoms with Crippen LogP contribution in [0.15, 0.2) is 0 Å². The van der Waals surface area contributed by atoms with Gasteiger partial charge in [0.1, 0.15) is 12.2 Å². The van der Waals surface area contributed by atoms with Crippen molar-refractivity contribution >= 4 is 11.9 Å². The fourth-order valence-corrected chi connectivity index (χ4v) is 5.82. The van der Waals surface area contributed by atoms with Crippen LogP contribution in [0.4, 0.5) is 0 Å². The van der Waals surface area contributed by atoms with E-state index in [0.717, 1.165) is 0 Å². The summed E-state index contributed by atoms with van der Waals surface area (Å²) in [5.74, 6) is -3.22. The predicted octanol–water partition coefficient (Wildman–Crippen LogP) is 0.176. The number of carbonyl (C=O) groups is 2. The van der Waals surface area contributed by atoms with Gasteiger partial charge in [0.15, 0.2) is 0 Å². The Bertz CT molecular complexity index is 663. The molecule has 166 valence electrons. The zero-order chi connectivity index (χ0) is 21.9. The van der Waals surface area contributed by atoms with Crippen LogP contribution in [0.25, 0.3) is 0 Å². The molecule has 0 aromatic rings. The van der Waals surface area contributed by atoms with Crippen LogP contribution in [0.5, 0.6) is 0 Å². The summed E-state index contributed by atoms with van der Waals surface area (Å²) >= 11 is 0. The van der Waals surface area contributed by atoms with Crippen molar-refractivity contribution in [3.8, 4) is 0 Å². The van der Waals surface area contributed by atoms with Gasteiger partial charge in [-0.2, -0.15) is 0 Å². The Labute approximate surface area is 172 Å². The highest BCUT2D eigenvalue weighted by molar-refractivity contribution is 5.76. The van der Waals surface area contributed by atoms with Crippen molar-refractivity contribution in [3.05, 3.63) is 0 Å². The van der Waals surface area contributed by atoms with Crippen molar-refractivity contribution in [1.82, 2.24) is 4.90 Å². The number of rotatable bonds is 4. The molecular weight excluding hydrogens is 378 g/mol. The standard InChI is InChI=1S/C21H35NO7/c1-10(2)18(25)28-14-13-11(9-22(5)6)19(26)29-15(13)17(24)21(4)12(23)7-8-20(3,27)16(14)21/h10-17,23-24,27H,7-9H2,1-6H3/t11-,12+,13+,14+,15+,16-,17+,20+,21-/m1/s1. The normalized spacial score (nSPS) is 47.0. The maximum Gasteiger partial charge on any atom is 0.311 e. The number of hydrogen-bond acceptors (Lipinski definition) is 8. The Balaban J connectivity index is 2.13. The second kappa shape index (κ2) is 7.48. The highest BCUT2D eigenvalue weighted by atomic mass is 16.6. The van der Waals surface area contributed by atoms with E-state index in [2.05, 4.69) is 0 Å². The van der Waals surface area contributed by atoms with Gasteiger partial charge in [0, 0.05) is 17.9 Å². The van der Waals surface area contributed by atoms with Gasteiger partial charge in [0.25, 0.3) is 0 Å². The van der Waals surface area contributed by atoms with Gasteiger partial charge in [-0.05, 0) is 33.9 Å². The van der Waals surface area contributed by atoms with Crippen molar-refractivity contribution in [2.24, 2.45) is 29.1 Å². The Kier molecular flexibility index (Phi) is 5.79. The van der Waals surface area contributed by atoms with E-state index in [1.54, 1.807) is 27.7 Å². The minimum absolute atomic E-state index is 0.300. The first-order valence-corrected chi connectivity index (χ1v) is 10.5. The second-order valence-corrected chi connectivity index (χ2v) is 10.1. The molecule has 9 atom stereocenters. The zero-order valence-corrected chi connectivity index (χ0v) is 18.2. The van der Waals surface area contributed by atoms with Gasteiger partial charge >= 0.3 is 11.9 Å². The first-order valence-electron chi connectivity index (χ1n) is 10.5. The summed E-state index contributed by atoms with van der Waals surface area (Å²) in [5.41, 5.74) is -2.46. The molecule has 0 aromatic heterocycles.